The van der Waals surface area contributed by atoms with Crippen LogP contribution < -0.4 is 5.56 Å². The molecule has 1 aromatic heterocycles. The molecule has 0 saturated heterocycles. The van der Waals surface area contributed by atoms with Crippen LogP contribution in [0.2, 0.25) is 0 Å². The molecule has 1 amide bonds. The minimum Gasteiger partial charge on any atom is -0.340 e. The van der Waals surface area contributed by atoms with Crippen LogP contribution in [0.4, 0.5) is 0 Å². The van der Waals surface area contributed by atoms with Crippen LogP contribution in [0.1, 0.15) is 18.1 Å². The van der Waals surface area contributed by atoms with Crippen LogP contribution >= 0.6 is 0 Å². The zero-order chi connectivity index (χ0) is 15.2. The van der Waals surface area contributed by atoms with E-state index in [-0.39, 0.29) is 18.0 Å². The topological polar surface area (TPSA) is 42.3 Å². The van der Waals surface area contributed by atoms with E-state index in [1.165, 1.54) is 16.2 Å². The van der Waals surface area contributed by atoms with E-state index in [1.807, 2.05) is 12.1 Å². The Kier molecular flexibility index (Phi) is 4.93. The Bertz CT molecular complexity index is 659. The Labute approximate surface area is 124 Å². The van der Waals surface area contributed by atoms with Gasteiger partial charge in [0.1, 0.15) is 6.54 Å². The van der Waals surface area contributed by atoms with Gasteiger partial charge in [-0.3, -0.25) is 9.59 Å². The first-order chi connectivity index (χ1) is 10.1. The van der Waals surface area contributed by atoms with Gasteiger partial charge in [-0.15, -0.1) is 0 Å². The SMILES string of the molecule is CCc1ccc(CN(C)C(=O)Cn2ccccc2=O)cc1. The molecule has 0 aliphatic carbocycles. The molecule has 1 aromatic carbocycles. The van der Waals surface area contributed by atoms with Gasteiger partial charge in [-0.25, -0.2) is 0 Å². The van der Waals surface area contributed by atoms with Gasteiger partial charge in [-0.1, -0.05) is 37.3 Å². The van der Waals surface area contributed by atoms with Crippen molar-refractivity contribution in [2.24, 2.45) is 0 Å². The maximum atomic E-state index is 12.2. The van der Waals surface area contributed by atoms with Crippen LogP contribution in [-0.4, -0.2) is 22.4 Å². The van der Waals surface area contributed by atoms with E-state index >= 15 is 0 Å². The number of amides is 1. The van der Waals surface area contributed by atoms with Crippen molar-refractivity contribution in [1.29, 1.82) is 0 Å². The number of rotatable bonds is 5. The van der Waals surface area contributed by atoms with E-state index in [1.54, 1.807) is 30.3 Å². The number of carbonyl (C=O) groups is 1. The Hall–Kier alpha value is -2.36. The van der Waals surface area contributed by atoms with Gasteiger partial charge >= 0.3 is 0 Å². The first kappa shape index (κ1) is 15.0. The number of nitrogens with zero attached hydrogens (tertiary/aromatic N) is 2. The van der Waals surface area contributed by atoms with Crippen LogP contribution in [0, 0.1) is 0 Å². The quantitative estimate of drug-likeness (QED) is 0.843. The van der Waals surface area contributed by atoms with Crippen molar-refractivity contribution in [3.05, 3.63) is 70.1 Å². The maximum Gasteiger partial charge on any atom is 0.250 e. The molecule has 0 aliphatic heterocycles. The summed E-state index contributed by atoms with van der Waals surface area (Å²) in [5.41, 5.74) is 2.21. The standard InChI is InChI=1S/C17H20N2O2/c1-3-14-7-9-15(10-8-14)12-18(2)17(21)13-19-11-5-4-6-16(19)20/h4-11H,3,12-13H2,1-2H3. The monoisotopic (exact) mass is 284 g/mol. The third-order valence-corrected chi connectivity index (χ3v) is 3.48. The van der Waals surface area contributed by atoms with E-state index in [0.29, 0.717) is 6.54 Å². The van der Waals surface area contributed by atoms with Gasteiger partial charge in [0.25, 0.3) is 5.56 Å². The molecule has 0 atom stereocenters. The van der Waals surface area contributed by atoms with Crippen molar-refractivity contribution in [1.82, 2.24) is 9.47 Å². The summed E-state index contributed by atoms with van der Waals surface area (Å²) >= 11 is 0. The minimum absolute atomic E-state index is 0.0726. The van der Waals surface area contributed by atoms with Crippen LogP contribution in [0.5, 0.6) is 0 Å². The number of hydrogen-bond donors (Lipinski definition) is 0. The number of pyridine rings is 1. The summed E-state index contributed by atoms with van der Waals surface area (Å²) in [6, 6.07) is 13.1. The first-order valence-electron chi connectivity index (χ1n) is 7.07. The van der Waals surface area contributed by atoms with Gasteiger partial charge in [0.05, 0.1) is 0 Å². The number of benzene rings is 1. The zero-order valence-electron chi connectivity index (χ0n) is 12.5. The lowest BCUT2D eigenvalue weighted by molar-refractivity contribution is -0.131. The Morgan fingerprint density at radius 1 is 1.10 bits per heavy atom. The molecule has 2 aromatic rings. The number of aromatic nitrogens is 1. The summed E-state index contributed by atoms with van der Waals surface area (Å²) < 4.78 is 1.42. The van der Waals surface area contributed by atoms with Crippen molar-refractivity contribution >= 4 is 5.91 Å². The molecule has 0 aliphatic rings. The van der Waals surface area contributed by atoms with Gasteiger partial charge in [-0.2, -0.15) is 0 Å². The first-order valence-corrected chi connectivity index (χ1v) is 7.07. The number of likely N-dealkylation sites (N-methyl/N-ethyl adjacent to an activating group) is 1. The second kappa shape index (κ2) is 6.88. The number of carbonyl (C=O) groups excluding carboxylic acids is 1. The second-order valence-electron chi connectivity index (χ2n) is 5.09. The van der Waals surface area contributed by atoms with Crippen LogP contribution in [0.25, 0.3) is 0 Å². The van der Waals surface area contributed by atoms with E-state index < -0.39 is 0 Å². The van der Waals surface area contributed by atoms with Gasteiger partial charge in [0.15, 0.2) is 0 Å². The lowest BCUT2D eigenvalue weighted by Crippen LogP contribution is -2.33. The Morgan fingerprint density at radius 2 is 1.76 bits per heavy atom. The highest BCUT2D eigenvalue weighted by molar-refractivity contribution is 5.75. The molecule has 4 heteroatoms. The predicted molar refractivity (Wildman–Crippen MR) is 83.0 cm³/mol. The van der Waals surface area contributed by atoms with Crippen LogP contribution in [0.15, 0.2) is 53.5 Å². The highest BCUT2D eigenvalue weighted by Crippen LogP contribution is 2.07. The summed E-state index contributed by atoms with van der Waals surface area (Å²) in [4.78, 5) is 25.4. The molecule has 2 rings (SSSR count). The zero-order valence-corrected chi connectivity index (χ0v) is 12.5. The molecule has 0 saturated carbocycles. The van der Waals surface area contributed by atoms with Gasteiger partial charge in [0, 0.05) is 25.9 Å². The molecule has 1 heterocycles. The Morgan fingerprint density at radius 3 is 2.38 bits per heavy atom. The van der Waals surface area contributed by atoms with E-state index in [0.717, 1.165) is 12.0 Å². The smallest absolute Gasteiger partial charge is 0.250 e. The van der Waals surface area contributed by atoms with Crippen LogP contribution in [0.3, 0.4) is 0 Å². The molecule has 0 bridgehead atoms. The van der Waals surface area contributed by atoms with Crippen molar-refractivity contribution < 1.29 is 4.79 Å². The average Bonchev–Trinajstić information content (AvgIpc) is 2.50. The normalized spacial score (nSPS) is 10.4. The van der Waals surface area contributed by atoms with Crippen molar-refractivity contribution in [2.75, 3.05) is 7.05 Å². The fourth-order valence-corrected chi connectivity index (χ4v) is 2.10. The summed E-state index contributed by atoms with van der Waals surface area (Å²) in [7, 11) is 1.75. The molecule has 21 heavy (non-hydrogen) atoms. The lowest BCUT2D eigenvalue weighted by Gasteiger charge is -2.18. The molecule has 0 radical (unpaired) electrons. The highest BCUT2D eigenvalue weighted by Gasteiger charge is 2.10. The summed E-state index contributed by atoms with van der Waals surface area (Å²) in [5.74, 6) is -0.0807. The summed E-state index contributed by atoms with van der Waals surface area (Å²) in [5, 5.41) is 0. The maximum absolute atomic E-state index is 12.2. The van der Waals surface area contributed by atoms with Gasteiger partial charge in [0.2, 0.25) is 5.91 Å². The third-order valence-electron chi connectivity index (χ3n) is 3.48. The molecule has 0 spiro atoms. The second-order valence-corrected chi connectivity index (χ2v) is 5.09. The molecule has 110 valence electrons. The average molecular weight is 284 g/mol. The Balaban J connectivity index is 1.99. The highest BCUT2D eigenvalue weighted by atomic mass is 16.2. The minimum atomic E-state index is -0.161. The predicted octanol–water partition coefficient (Wildman–Crippen LogP) is 2.07. The van der Waals surface area contributed by atoms with Crippen molar-refractivity contribution in [2.45, 2.75) is 26.4 Å². The summed E-state index contributed by atoms with van der Waals surface area (Å²) in [6.45, 7) is 2.73. The van der Waals surface area contributed by atoms with Gasteiger partial charge in [-0.05, 0) is 23.6 Å². The fraction of sp³-hybridized carbons (Fsp3) is 0.294. The van der Waals surface area contributed by atoms with E-state index in [4.69, 9.17) is 0 Å². The molecular weight excluding hydrogens is 264 g/mol. The molecule has 0 N–H and O–H groups in total. The fourth-order valence-electron chi connectivity index (χ4n) is 2.10. The summed E-state index contributed by atoms with van der Waals surface area (Å²) in [6.07, 6.45) is 2.64. The molecule has 4 nitrogen and oxygen atoms in total. The van der Waals surface area contributed by atoms with Crippen molar-refractivity contribution in [3.8, 4) is 0 Å². The lowest BCUT2D eigenvalue weighted by atomic mass is 10.1. The van der Waals surface area contributed by atoms with E-state index in [9.17, 15) is 9.59 Å². The number of aryl methyl sites for hydroxylation is 1. The molecule has 0 fully saturated rings. The largest absolute Gasteiger partial charge is 0.340 e. The van der Waals surface area contributed by atoms with Gasteiger partial charge < -0.3 is 9.47 Å². The third kappa shape index (κ3) is 4.05. The number of hydrogen-bond acceptors (Lipinski definition) is 2. The van der Waals surface area contributed by atoms with Crippen LogP contribution in [-0.2, 0) is 24.3 Å². The molecular formula is C17H20N2O2. The van der Waals surface area contributed by atoms with E-state index in [2.05, 4.69) is 19.1 Å². The van der Waals surface area contributed by atoms with Crippen molar-refractivity contribution in [3.63, 3.8) is 0 Å². The molecule has 0 unspecified atom stereocenters.